The molecule has 1 aromatic heterocycles. The molecule has 1 aliphatic heterocycles. The minimum Gasteiger partial charge on any atom is -0.345 e. The molecule has 0 saturated heterocycles. The van der Waals surface area contributed by atoms with Crippen LogP contribution in [-0.2, 0) is 16.4 Å². The van der Waals surface area contributed by atoms with Crippen molar-refractivity contribution in [2.24, 2.45) is 0 Å². The van der Waals surface area contributed by atoms with Gasteiger partial charge >= 0.3 is 0 Å². The van der Waals surface area contributed by atoms with Crippen molar-refractivity contribution in [2.75, 3.05) is 10.6 Å². The van der Waals surface area contributed by atoms with E-state index in [2.05, 4.69) is 5.32 Å². The van der Waals surface area contributed by atoms with Gasteiger partial charge in [0.2, 0.25) is 10.0 Å². The lowest BCUT2D eigenvalue weighted by atomic mass is 10.1. The fraction of sp³-hybridized carbons (Fsp3) is 0.353. The van der Waals surface area contributed by atoms with Crippen LogP contribution in [0.15, 0.2) is 35.7 Å². The van der Waals surface area contributed by atoms with E-state index in [-0.39, 0.29) is 18.0 Å². The van der Waals surface area contributed by atoms with Gasteiger partial charge in [0, 0.05) is 16.5 Å². The van der Waals surface area contributed by atoms with Crippen LogP contribution in [0.1, 0.15) is 40.7 Å². The van der Waals surface area contributed by atoms with E-state index >= 15 is 0 Å². The summed E-state index contributed by atoms with van der Waals surface area (Å²) in [5.74, 6) is -0.149. The summed E-state index contributed by atoms with van der Waals surface area (Å²) in [4.78, 5) is 13.6. The van der Waals surface area contributed by atoms with Gasteiger partial charge in [0.05, 0.1) is 18.0 Å². The van der Waals surface area contributed by atoms with E-state index in [9.17, 15) is 13.2 Å². The molecule has 2 unspecified atom stereocenters. The van der Waals surface area contributed by atoms with Gasteiger partial charge in [0.1, 0.15) is 0 Å². The van der Waals surface area contributed by atoms with E-state index in [0.717, 1.165) is 10.4 Å². The molecule has 1 aliphatic rings. The Kier molecular flexibility index (Phi) is 4.40. The second-order valence-corrected chi connectivity index (χ2v) is 9.00. The Morgan fingerprint density at radius 1 is 1.38 bits per heavy atom. The lowest BCUT2D eigenvalue weighted by Crippen LogP contribution is -2.34. The van der Waals surface area contributed by atoms with Crippen LogP contribution in [0.4, 0.5) is 5.69 Å². The Labute approximate surface area is 146 Å². The monoisotopic (exact) mass is 364 g/mol. The minimum absolute atomic E-state index is 0.0582. The van der Waals surface area contributed by atoms with Crippen molar-refractivity contribution in [1.82, 2.24) is 5.32 Å². The number of hydrogen-bond acceptors (Lipinski definition) is 4. The Morgan fingerprint density at radius 3 is 2.75 bits per heavy atom. The Hall–Kier alpha value is -1.86. The summed E-state index contributed by atoms with van der Waals surface area (Å²) in [5, 5.41) is 4.96. The molecule has 5 nitrogen and oxygen atoms in total. The van der Waals surface area contributed by atoms with Gasteiger partial charge < -0.3 is 5.32 Å². The molecule has 0 fully saturated rings. The molecule has 1 aromatic carbocycles. The quantitative estimate of drug-likeness (QED) is 0.907. The maximum absolute atomic E-state index is 12.5. The first-order valence-corrected chi connectivity index (χ1v) is 10.5. The number of thiophene rings is 1. The van der Waals surface area contributed by atoms with E-state index in [0.29, 0.717) is 17.7 Å². The molecule has 128 valence electrons. The number of nitrogens with zero attached hydrogens (tertiary/aromatic N) is 1. The number of hydrogen-bond donors (Lipinski definition) is 1. The third kappa shape index (κ3) is 3.18. The molecule has 0 radical (unpaired) electrons. The average Bonchev–Trinajstić information content (AvgIpc) is 3.11. The number of anilines is 1. The predicted molar refractivity (Wildman–Crippen MR) is 97.1 cm³/mol. The molecule has 2 aromatic rings. The van der Waals surface area contributed by atoms with Crippen molar-refractivity contribution in [3.8, 4) is 0 Å². The molecule has 0 aliphatic carbocycles. The SMILES string of the molecule is CC(NC(=O)c1ccc2c(c1)CC(C)N2S(C)(=O)=O)c1cccs1. The molecule has 1 amide bonds. The second-order valence-electron chi connectivity index (χ2n) is 6.17. The van der Waals surface area contributed by atoms with E-state index in [1.54, 1.807) is 29.5 Å². The number of rotatable bonds is 4. The zero-order chi connectivity index (χ0) is 17.5. The average molecular weight is 364 g/mol. The van der Waals surface area contributed by atoms with Gasteiger partial charge in [-0.15, -0.1) is 11.3 Å². The van der Waals surface area contributed by atoms with E-state index in [1.807, 2.05) is 31.4 Å². The number of fused-ring (bicyclic) bond motifs is 1. The molecule has 24 heavy (non-hydrogen) atoms. The lowest BCUT2D eigenvalue weighted by Gasteiger charge is -2.22. The highest BCUT2D eigenvalue weighted by Crippen LogP contribution is 2.34. The van der Waals surface area contributed by atoms with Gasteiger partial charge in [0.25, 0.3) is 5.91 Å². The molecule has 2 heterocycles. The molecule has 2 atom stereocenters. The molecule has 0 spiro atoms. The molecular formula is C17H20N2O3S2. The summed E-state index contributed by atoms with van der Waals surface area (Å²) in [6.45, 7) is 3.82. The number of amides is 1. The smallest absolute Gasteiger partial charge is 0.251 e. The van der Waals surface area contributed by atoms with Crippen molar-refractivity contribution in [3.63, 3.8) is 0 Å². The van der Waals surface area contributed by atoms with Crippen LogP contribution >= 0.6 is 11.3 Å². The first kappa shape index (κ1) is 17.0. The largest absolute Gasteiger partial charge is 0.345 e. The van der Waals surface area contributed by atoms with Gasteiger partial charge in [-0.2, -0.15) is 0 Å². The third-order valence-corrected chi connectivity index (χ3v) is 6.50. The zero-order valence-corrected chi connectivity index (χ0v) is 15.4. The van der Waals surface area contributed by atoms with Gasteiger partial charge in [-0.3, -0.25) is 9.10 Å². The van der Waals surface area contributed by atoms with Gasteiger partial charge in [-0.25, -0.2) is 8.42 Å². The number of carbonyl (C=O) groups excluding carboxylic acids is 1. The van der Waals surface area contributed by atoms with E-state index in [1.165, 1.54) is 10.6 Å². The zero-order valence-electron chi connectivity index (χ0n) is 13.8. The summed E-state index contributed by atoms with van der Waals surface area (Å²) in [5.41, 5.74) is 2.12. The maximum Gasteiger partial charge on any atom is 0.251 e. The molecule has 0 bridgehead atoms. The van der Waals surface area contributed by atoms with Crippen molar-refractivity contribution >= 4 is 33.0 Å². The number of benzene rings is 1. The van der Waals surface area contributed by atoms with Crippen molar-refractivity contribution in [2.45, 2.75) is 32.4 Å². The van der Waals surface area contributed by atoms with Crippen LogP contribution in [0.3, 0.4) is 0 Å². The highest BCUT2D eigenvalue weighted by atomic mass is 32.2. The lowest BCUT2D eigenvalue weighted by molar-refractivity contribution is 0.0940. The molecular weight excluding hydrogens is 344 g/mol. The van der Waals surface area contributed by atoms with Crippen LogP contribution in [-0.4, -0.2) is 26.6 Å². The topological polar surface area (TPSA) is 66.5 Å². The van der Waals surface area contributed by atoms with Crippen LogP contribution in [0.5, 0.6) is 0 Å². The second kappa shape index (κ2) is 6.22. The fourth-order valence-corrected chi connectivity index (χ4v) is 5.14. The van der Waals surface area contributed by atoms with Crippen molar-refractivity contribution in [1.29, 1.82) is 0 Å². The van der Waals surface area contributed by atoms with Crippen molar-refractivity contribution < 1.29 is 13.2 Å². The fourth-order valence-electron chi connectivity index (χ4n) is 3.14. The Morgan fingerprint density at radius 2 is 2.12 bits per heavy atom. The Balaban J connectivity index is 1.82. The normalized spacial score (nSPS) is 18.3. The van der Waals surface area contributed by atoms with Gasteiger partial charge in [-0.05, 0) is 55.5 Å². The first-order valence-electron chi connectivity index (χ1n) is 7.74. The highest BCUT2D eigenvalue weighted by molar-refractivity contribution is 7.92. The van der Waals surface area contributed by atoms with Crippen LogP contribution in [0.25, 0.3) is 0 Å². The highest BCUT2D eigenvalue weighted by Gasteiger charge is 2.32. The van der Waals surface area contributed by atoms with E-state index in [4.69, 9.17) is 0 Å². The Bertz CT molecular complexity index is 860. The van der Waals surface area contributed by atoms with Crippen LogP contribution in [0.2, 0.25) is 0 Å². The van der Waals surface area contributed by atoms with Crippen molar-refractivity contribution in [3.05, 3.63) is 51.7 Å². The summed E-state index contributed by atoms with van der Waals surface area (Å²) >= 11 is 1.60. The van der Waals surface area contributed by atoms with Crippen LogP contribution in [0, 0.1) is 0 Å². The first-order chi connectivity index (χ1) is 11.3. The number of carbonyl (C=O) groups is 1. The predicted octanol–water partition coefficient (Wildman–Crippen LogP) is 2.95. The molecule has 3 rings (SSSR count). The summed E-state index contributed by atoms with van der Waals surface area (Å²) < 4.78 is 25.3. The molecule has 7 heteroatoms. The van der Waals surface area contributed by atoms with Crippen LogP contribution < -0.4 is 9.62 Å². The van der Waals surface area contributed by atoms with Gasteiger partial charge in [-0.1, -0.05) is 6.07 Å². The number of sulfonamides is 1. The van der Waals surface area contributed by atoms with E-state index < -0.39 is 10.0 Å². The summed E-state index contributed by atoms with van der Waals surface area (Å²) in [6.07, 6.45) is 1.83. The summed E-state index contributed by atoms with van der Waals surface area (Å²) in [6, 6.07) is 8.97. The third-order valence-electron chi connectivity index (χ3n) is 4.17. The minimum atomic E-state index is -3.31. The summed E-state index contributed by atoms with van der Waals surface area (Å²) in [7, 11) is -3.31. The van der Waals surface area contributed by atoms with Gasteiger partial charge in [0.15, 0.2) is 0 Å². The standard InChI is InChI=1S/C17H20N2O3S2/c1-11-9-14-10-13(6-7-15(14)19(11)24(3,21)22)17(20)18-12(2)16-5-4-8-23-16/h4-8,10-12H,9H2,1-3H3,(H,18,20). The molecule has 1 N–H and O–H groups in total. The number of nitrogens with one attached hydrogen (secondary N) is 1. The molecule has 0 saturated carbocycles. The maximum atomic E-state index is 12.5.